The third kappa shape index (κ3) is 6.64. The molecule has 3 heterocycles. The third-order valence-electron chi connectivity index (χ3n) is 8.73. The molecule has 264 valence electrons. The minimum Gasteiger partial charge on any atom is -0.467 e. The van der Waals surface area contributed by atoms with Crippen molar-refractivity contribution in [2.45, 2.75) is 36.6 Å². The normalized spacial score (nSPS) is 17.1. The fourth-order valence-corrected chi connectivity index (χ4v) is 8.15. The molecule has 6 rings (SSSR count). The van der Waals surface area contributed by atoms with Gasteiger partial charge in [-0.1, -0.05) is 36.4 Å². The first-order chi connectivity index (χ1) is 23.9. The summed E-state index contributed by atoms with van der Waals surface area (Å²) in [5.41, 5.74) is -2.38. The van der Waals surface area contributed by atoms with Crippen molar-refractivity contribution in [3.8, 4) is 22.6 Å². The Morgan fingerprint density at radius 3 is 2.54 bits per heavy atom. The Balaban J connectivity index is 1.54. The fourth-order valence-electron chi connectivity index (χ4n) is 6.41. The average Bonchev–Trinajstić information content (AvgIpc) is 3.71. The van der Waals surface area contributed by atoms with Gasteiger partial charge < -0.3 is 24.3 Å². The van der Waals surface area contributed by atoms with Gasteiger partial charge in [0, 0.05) is 24.1 Å². The van der Waals surface area contributed by atoms with E-state index in [0.717, 1.165) is 18.2 Å². The summed E-state index contributed by atoms with van der Waals surface area (Å²) in [5, 5.41) is 3.21. The number of alkyl halides is 3. The van der Waals surface area contributed by atoms with Crippen molar-refractivity contribution in [1.29, 1.82) is 0 Å². The third-order valence-corrected chi connectivity index (χ3v) is 10.3. The van der Waals surface area contributed by atoms with E-state index < -0.39 is 69.8 Å². The quantitative estimate of drug-likeness (QED) is 0.121. The minimum absolute atomic E-state index is 0.00123. The summed E-state index contributed by atoms with van der Waals surface area (Å²) in [5.74, 6) is -2.92. The van der Waals surface area contributed by atoms with E-state index in [4.69, 9.17) is 14.2 Å². The molecule has 2 aliphatic heterocycles. The van der Waals surface area contributed by atoms with Gasteiger partial charge in [0.15, 0.2) is 11.6 Å². The Kier molecular flexibility index (Phi) is 10.1. The molecule has 3 unspecified atom stereocenters. The van der Waals surface area contributed by atoms with Crippen LogP contribution >= 0.6 is 0 Å². The van der Waals surface area contributed by atoms with Crippen LogP contribution in [0.1, 0.15) is 39.9 Å². The molecule has 0 bridgehead atoms. The van der Waals surface area contributed by atoms with Crippen molar-refractivity contribution in [1.82, 2.24) is 9.88 Å². The van der Waals surface area contributed by atoms with Gasteiger partial charge in [-0.3, -0.25) is 13.6 Å². The van der Waals surface area contributed by atoms with Crippen molar-refractivity contribution in [2.75, 3.05) is 39.4 Å². The molecule has 4 aromatic rings. The van der Waals surface area contributed by atoms with Crippen LogP contribution in [0.4, 0.5) is 22.0 Å². The van der Waals surface area contributed by atoms with E-state index in [0.29, 0.717) is 5.56 Å². The van der Waals surface area contributed by atoms with Crippen LogP contribution in [0, 0.1) is 18.6 Å². The lowest BCUT2D eigenvalue weighted by Crippen LogP contribution is -2.37. The number of nitrogens with one attached hydrogen (secondary N) is 1. The zero-order valence-electron chi connectivity index (χ0n) is 26.8. The zero-order valence-corrected chi connectivity index (χ0v) is 27.6. The molecule has 0 saturated heterocycles. The average molecular weight is 719 g/mol. The Hall–Kier alpha value is -4.60. The number of nitrogens with zero attached hydrogens (tertiary/aromatic N) is 1. The maximum atomic E-state index is 16.1. The van der Waals surface area contributed by atoms with E-state index in [1.807, 2.05) is 0 Å². The molecular weight excluding hydrogens is 687 g/mol. The van der Waals surface area contributed by atoms with Crippen LogP contribution in [0.3, 0.4) is 0 Å². The van der Waals surface area contributed by atoms with Crippen LogP contribution < -0.4 is 20.3 Å². The summed E-state index contributed by atoms with van der Waals surface area (Å²) in [6, 6.07) is 12.5. The molecule has 0 saturated carbocycles. The van der Waals surface area contributed by atoms with Crippen molar-refractivity contribution >= 4 is 16.8 Å². The topological polar surface area (TPSA) is 105 Å². The van der Waals surface area contributed by atoms with Crippen LogP contribution in [-0.4, -0.2) is 54.2 Å². The molecule has 3 atom stereocenters. The Morgan fingerprint density at radius 1 is 1.06 bits per heavy atom. The number of aromatic nitrogens is 1. The van der Waals surface area contributed by atoms with Gasteiger partial charge >= 0.3 is 12.1 Å². The van der Waals surface area contributed by atoms with Crippen molar-refractivity contribution < 1.29 is 49.9 Å². The highest BCUT2D eigenvalue weighted by Gasteiger charge is 2.41. The number of hydrogen-bond donors (Lipinski definition) is 1. The number of pyridine rings is 1. The Labute approximate surface area is 285 Å². The molecule has 2 aliphatic rings. The van der Waals surface area contributed by atoms with Crippen LogP contribution in [0.25, 0.3) is 11.1 Å². The SMILES string of the molecule is COC(=O)COCCNC(c1ccccc1)C1CS(=O)c2c(Cc3c(F)cccc3C(F)(F)F)c(C)c(-c3ccc4c(c3F)OCO4)c(=O)n21. The van der Waals surface area contributed by atoms with E-state index in [1.54, 1.807) is 30.3 Å². The smallest absolute Gasteiger partial charge is 0.416 e. The van der Waals surface area contributed by atoms with Gasteiger partial charge in [-0.25, -0.2) is 13.6 Å². The number of methoxy groups -OCH3 is 1. The molecular formula is C35H31F5N2O7S. The Morgan fingerprint density at radius 2 is 1.82 bits per heavy atom. The summed E-state index contributed by atoms with van der Waals surface area (Å²) in [6.07, 6.45) is -5.61. The van der Waals surface area contributed by atoms with E-state index in [9.17, 15) is 27.0 Å². The summed E-state index contributed by atoms with van der Waals surface area (Å²) >= 11 is 0. The molecule has 0 aliphatic carbocycles. The summed E-state index contributed by atoms with van der Waals surface area (Å²) in [6.45, 7) is 1.08. The summed E-state index contributed by atoms with van der Waals surface area (Å²) < 4.78 is 110. The van der Waals surface area contributed by atoms with Crippen LogP contribution in [-0.2, 0) is 37.7 Å². The van der Waals surface area contributed by atoms with Crippen LogP contribution in [0.15, 0.2) is 70.5 Å². The molecule has 1 aromatic heterocycles. The van der Waals surface area contributed by atoms with E-state index in [2.05, 4.69) is 10.1 Å². The van der Waals surface area contributed by atoms with Gasteiger partial charge in [-0.2, -0.15) is 13.2 Å². The first kappa shape index (κ1) is 35.2. The second kappa shape index (κ2) is 14.3. The molecule has 0 amide bonds. The lowest BCUT2D eigenvalue weighted by molar-refractivity contribution is -0.145. The lowest BCUT2D eigenvalue weighted by atomic mass is 9.91. The van der Waals surface area contributed by atoms with Crippen LogP contribution in [0.2, 0.25) is 0 Å². The maximum absolute atomic E-state index is 16.1. The predicted octanol–water partition coefficient (Wildman–Crippen LogP) is 5.62. The number of rotatable bonds is 11. The van der Waals surface area contributed by atoms with Gasteiger partial charge in [0.2, 0.25) is 12.5 Å². The highest BCUT2D eigenvalue weighted by atomic mass is 32.2. The second-order valence-corrected chi connectivity index (χ2v) is 13.0. The van der Waals surface area contributed by atoms with Crippen molar-refractivity contribution in [3.05, 3.63) is 110 Å². The molecule has 0 fully saturated rings. The number of esters is 1. The van der Waals surface area contributed by atoms with Gasteiger partial charge in [0.05, 0.1) is 53.5 Å². The van der Waals surface area contributed by atoms with Crippen LogP contribution in [0.5, 0.6) is 11.5 Å². The van der Waals surface area contributed by atoms with E-state index >= 15 is 8.78 Å². The summed E-state index contributed by atoms with van der Waals surface area (Å²) in [4.78, 5) is 26.1. The van der Waals surface area contributed by atoms with Gasteiger partial charge in [0.1, 0.15) is 17.5 Å². The first-order valence-electron chi connectivity index (χ1n) is 15.4. The van der Waals surface area contributed by atoms with Gasteiger partial charge in [-0.15, -0.1) is 0 Å². The second-order valence-electron chi connectivity index (χ2n) is 11.6. The number of fused-ring (bicyclic) bond motifs is 2. The highest BCUT2D eigenvalue weighted by Crippen LogP contribution is 2.44. The molecule has 15 heteroatoms. The van der Waals surface area contributed by atoms with E-state index in [-0.39, 0.29) is 71.1 Å². The number of ether oxygens (including phenoxy) is 4. The predicted molar refractivity (Wildman–Crippen MR) is 171 cm³/mol. The number of halogens is 5. The molecule has 1 N–H and O–H groups in total. The molecule has 9 nitrogen and oxygen atoms in total. The van der Waals surface area contributed by atoms with E-state index in [1.165, 1.54) is 30.7 Å². The number of hydrogen-bond acceptors (Lipinski definition) is 8. The maximum Gasteiger partial charge on any atom is 0.416 e. The van der Waals surface area contributed by atoms with Gasteiger partial charge in [-0.05, 0) is 47.9 Å². The van der Waals surface area contributed by atoms with Crippen molar-refractivity contribution in [2.24, 2.45) is 0 Å². The number of benzene rings is 3. The number of carbonyl (C=O) groups excluding carboxylic acids is 1. The summed E-state index contributed by atoms with van der Waals surface area (Å²) in [7, 11) is -0.737. The standard InChI is InChI=1S/C35H31F5N2O7S/c1-19-22(15-23-24(35(38,39)40)9-6-10-25(23)36)34-42(33(44)29(19)21-11-12-27-32(30(21)37)49-18-48-27)26(17-50(34)45)31(20-7-4-3-5-8-20)41-13-14-47-16-28(43)46-2/h3-12,26,31,41H,13-18H2,1-2H3. The molecule has 50 heavy (non-hydrogen) atoms. The zero-order chi connectivity index (χ0) is 35.7. The largest absolute Gasteiger partial charge is 0.467 e. The minimum atomic E-state index is -4.92. The number of carbonyl (C=O) groups is 1. The van der Waals surface area contributed by atoms with Gasteiger partial charge in [0.25, 0.3) is 5.56 Å². The highest BCUT2D eigenvalue weighted by molar-refractivity contribution is 7.85. The molecule has 0 radical (unpaired) electrons. The first-order valence-corrected chi connectivity index (χ1v) is 16.8. The molecule has 0 spiro atoms. The fraction of sp³-hybridized carbons (Fsp3) is 0.314. The Bertz CT molecular complexity index is 2020. The van der Waals surface area contributed by atoms with Crippen molar-refractivity contribution in [3.63, 3.8) is 0 Å². The monoisotopic (exact) mass is 718 g/mol. The molecule has 3 aromatic carbocycles. The lowest BCUT2D eigenvalue weighted by Gasteiger charge is -2.28.